The first-order chi connectivity index (χ1) is 12.0. The lowest BCUT2D eigenvalue weighted by molar-refractivity contribution is -0.111. The Balaban J connectivity index is 1.93. The molecule has 0 N–H and O–H groups in total. The normalized spacial score (nSPS) is 11.6. The topological polar surface area (TPSA) is 56.0 Å². The van der Waals surface area contributed by atoms with Gasteiger partial charge in [0.2, 0.25) is 5.89 Å². The van der Waals surface area contributed by atoms with E-state index in [0.717, 1.165) is 5.56 Å². The second-order valence-electron chi connectivity index (χ2n) is 5.42. The van der Waals surface area contributed by atoms with Gasteiger partial charge in [0.15, 0.2) is 5.78 Å². The number of hydrogen-bond acceptors (Lipinski definition) is 4. The Labute approximate surface area is 155 Å². The van der Waals surface area contributed by atoms with Crippen molar-refractivity contribution in [1.29, 1.82) is 0 Å². The van der Waals surface area contributed by atoms with Crippen molar-refractivity contribution in [1.82, 2.24) is 10.2 Å². The summed E-state index contributed by atoms with van der Waals surface area (Å²) in [5, 5.41) is 8.81. The Bertz CT molecular complexity index is 934. The molecule has 4 nitrogen and oxygen atoms in total. The second kappa shape index (κ2) is 7.64. The van der Waals surface area contributed by atoms with E-state index in [1.54, 1.807) is 24.3 Å². The van der Waals surface area contributed by atoms with Gasteiger partial charge in [-0.15, -0.1) is 10.2 Å². The summed E-state index contributed by atoms with van der Waals surface area (Å²) in [7, 11) is 0. The first-order valence-corrected chi connectivity index (χ1v) is 8.33. The SMILES string of the molecule is CC(=O)C(=Cc1cccc(Cl)c1Cl)c1nnc(Cc2ccccc2)o1. The molecule has 126 valence electrons. The van der Waals surface area contributed by atoms with E-state index >= 15 is 0 Å². The predicted molar refractivity (Wildman–Crippen MR) is 98.6 cm³/mol. The van der Waals surface area contributed by atoms with Gasteiger partial charge in [-0.05, 0) is 30.2 Å². The molecule has 0 unspecified atom stereocenters. The summed E-state index contributed by atoms with van der Waals surface area (Å²) in [5.41, 5.74) is 1.95. The van der Waals surface area contributed by atoms with Crippen LogP contribution in [0.5, 0.6) is 0 Å². The number of nitrogens with zero attached hydrogens (tertiary/aromatic N) is 2. The van der Waals surface area contributed by atoms with Crippen LogP contribution in [0.15, 0.2) is 52.9 Å². The van der Waals surface area contributed by atoms with E-state index in [2.05, 4.69) is 10.2 Å². The molecule has 6 heteroatoms. The van der Waals surface area contributed by atoms with E-state index in [9.17, 15) is 4.79 Å². The molecule has 0 amide bonds. The highest BCUT2D eigenvalue weighted by Crippen LogP contribution is 2.29. The van der Waals surface area contributed by atoms with Crippen LogP contribution in [-0.2, 0) is 11.2 Å². The van der Waals surface area contributed by atoms with Gasteiger partial charge in [0, 0.05) is 0 Å². The molecule has 0 fully saturated rings. The molecule has 0 radical (unpaired) electrons. The zero-order valence-electron chi connectivity index (χ0n) is 13.4. The summed E-state index contributed by atoms with van der Waals surface area (Å²) in [5.74, 6) is 0.394. The molecule has 0 atom stereocenters. The zero-order valence-corrected chi connectivity index (χ0v) is 14.9. The number of Topliss-reactive ketones (excluding diaryl/α,β-unsaturated/α-hetero) is 1. The van der Waals surface area contributed by atoms with Crippen LogP contribution >= 0.6 is 23.2 Å². The van der Waals surface area contributed by atoms with E-state index in [0.29, 0.717) is 27.9 Å². The molecule has 0 aliphatic heterocycles. The Morgan fingerprint density at radius 3 is 2.56 bits per heavy atom. The van der Waals surface area contributed by atoms with Crippen LogP contribution in [0.4, 0.5) is 0 Å². The Morgan fingerprint density at radius 1 is 1.08 bits per heavy atom. The van der Waals surface area contributed by atoms with Crippen LogP contribution in [0.2, 0.25) is 10.0 Å². The van der Waals surface area contributed by atoms with Crippen molar-refractivity contribution >= 4 is 40.6 Å². The minimum Gasteiger partial charge on any atom is -0.420 e. The molecule has 0 aliphatic rings. The lowest BCUT2D eigenvalue weighted by Gasteiger charge is -2.03. The highest BCUT2D eigenvalue weighted by Gasteiger charge is 2.17. The third kappa shape index (κ3) is 4.16. The highest BCUT2D eigenvalue weighted by molar-refractivity contribution is 6.43. The van der Waals surface area contributed by atoms with Crippen molar-refractivity contribution in [2.75, 3.05) is 0 Å². The maximum absolute atomic E-state index is 12.0. The van der Waals surface area contributed by atoms with Crippen molar-refractivity contribution < 1.29 is 9.21 Å². The zero-order chi connectivity index (χ0) is 17.8. The third-order valence-electron chi connectivity index (χ3n) is 3.56. The molecule has 0 spiro atoms. The fourth-order valence-corrected chi connectivity index (χ4v) is 2.67. The van der Waals surface area contributed by atoms with Crippen molar-refractivity contribution in [3.8, 4) is 0 Å². The van der Waals surface area contributed by atoms with Crippen LogP contribution in [0.3, 0.4) is 0 Å². The van der Waals surface area contributed by atoms with Crippen LogP contribution in [0.25, 0.3) is 11.6 Å². The maximum Gasteiger partial charge on any atom is 0.251 e. The minimum atomic E-state index is -0.203. The quantitative estimate of drug-likeness (QED) is 0.584. The number of ketones is 1. The summed E-state index contributed by atoms with van der Waals surface area (Å²) >= 11 is 12.2. The summed E-state index contributed by atoms with van der Waals surface area (Å²) in [6.07, 6.45) is 2.10. The Kier molecular flexibility index (Phi) is 5.31. The van der Waals surface area contributed by atoms with Gasteiger partial charge in [-0.2, -0.15) is 0 Å². The molecule has 2 aromatic carbocycles. The average Bonchev–Trinajstić information content (AvgIpc) is 3.05. The molecule has 1 aromatic heterocycles. The summed E-state index contributed by atoms with van der Waals surface area (Å²) in [6.45, 7) is 1.44. The molecule has 0 saturated heterocycles. The Morgan fingerprint density at radius 2 is 1.84 bits per heavy atom. The van der Waals surface area contributed by atoms with E-state index in [4.69, 9.17) is 27.6 Å². The van der Waals surface area contributed by atoms with Crippen molar-refractivity contribution in [3.63, 3.8) is 0 Å². The summed E-state index contributed by atoms with van der Waals surface area (Å²) in [4.78, 5) is 12.0. The van der Waals surface area contributed by atoms with Crippen molar-refractivity contribution in [2.24, 2.45) is 0 Å². The number of rotatable bonds is 5. The summed E-state index contributed by atoms with van der Waals surface area (Å²) < 4.78 is 5.67. The largest absolute Gasteiger partial charge is 0.420 e. The number of benzene rings is 2. The molecule has 0 bridgehead atoms. The number of hydrogen-bond donors (Lipinski definition) is 0. The van der Waals surface area contributed by atoms with E-state index in [1.807, 2.05) is 30.3 Å². The fraction of sp³-hybridized carbons (Fsp3) is 0.105. The predicted octanol–water partition coefficient (Wildman–Crippen LogP) is 5.10. The second-order valence-corrected chi connectivity index (χ2v) is 6.21. The maximum atomic E-state index is 12.0. The number of aromatic nitrogens is 2. The van der Waals surface area contributed by atoms with Gasteiger partial charge < -0.3 is 4.42 Å². The van der Waals surface area contributed by atoms with Gasteiger partial charge >= 0.3 is 0 Å². The molecule has 3 aromatic rings. The number of allylic oxidation sites excluding steroid dienone is 1. The molecular weight excluding hydrogens is 359 g/mol. The van der Waals surface area contributed by atoms with Gasteiger partial charge in [-0.25, -0.2) is 0 Å². The first kappa shape index (κ1) is 17.4. The van der Waals surface area contributed by atoms with E-state index in [-0.39, 0.29) is 17.2 Å². The smallest absolute Gasteiger partial charge is 0.251 e. The van der Waals surface area contributed by atoms with Gasteiger partial charge in [0.05, 0.1) is 22.0 Å². The first-order valence-electron chi connectivity index (χ1n) is 7.58. The summed E-state index contributed by atoms with van der Waals surface area (Å²) in [6, 6.07) is 15.0. The number of carbonyl (C=O) groups excluding carboxylic acids is 1. The van der Waals surface area contributed by atoms with Gasteiger partial charge in [0.25, 0.3) is 5.89 Å². The number of halogens is 2. The van der Waals surface area contributed by atoms with E-state index < -0.39 is 0 Å². The van der Waals surface area contributed by atoms with Crippen LogP contribution in [0, 0.1) is 0 Å². The highest BCUT2D eigenvalue weighted by atomic mass is 35.5. The third-order valence-corrected chi connectivity index (χ3v) is 4.39. The molecule has 1 heterocycles. The van der Waals surface area contributed by atoms with Gasteiger partial charge in [-0.1, -0.05) is 65.7 Å². The molecule has 3 rings (SSSR count). The van der Waals surface area contributed by atoms with Gasteiger partial charge in [0.1, 0.15) is 0 Å². The lowest BCUT2D eigenvalue weighted by Crippen LogP contribution is -1.96. The minimum absolute atomic E-state index is 0.162. The fourth-order valence-electron chi connectivity index (χ4n) is 2.31. The molecule has 25 heavy (non-hydrogen) atoms. The van der Waals surface area contributed by atoms with Crippen LogP contribution < -0.4 is 0 Å². The van der Waals surface area contributed by atoms with Crippen molar-refractivity contribution in [2.45, 2.75) is 13.3 Å². The van der Waals surface area contributed by atoms with Crippen molar-refractivity contribution in [3.05, 3.63) is 81.5 Å². The number of carbonyl (C=O) groups is 1. The lowest BCUT2D eigenvalue weighted by atomic mass is 10.1. The van der Waals surface area contributed by atoms with Gasteiger partial charge in [-0.3, -0.25) is 4.79 Å². The molecule has 0 aliphatic carbocycles. The Hall–Kier alpha value is -2.43. The van der Waals surface area contributed by atoms with Crippen LogP contribution in [-0.4, -0.2) is 16.0 Å². The molecule has 0 saturated carbocycles. The molecular formula is C19H14Cl2N2O2. The van der Waals surface area contributed by atoms with Crippen LogP contribution in [0.1, 0.15) is 29.8 Å². The average molecular weight is 373 g/mol. The standard InChI is InChI=1S/C19H14Cl2N2O2/c1-12(24)15(11-14-8-5-9-16(20)18(14)21)19-23-22-17(25-19)10-13-6-3-2-4-7-13/h2-9,11H,10H2,1H3. The van der Waals surface area contributed by atoms with E-state index in [1.165, 1.54) is 6.92 Å². The monoisotopic (exact) mass is 372 g/mol.